The number of nitrogens with zero attached hydrogens (tertiary/aromatic N) is 3. The topological polar surface area (TPSA) is 58.6 Å². The molecule has 8 heteroatoms. The second-order valence-corrected chi connectivity index (χ2v) is 7.27. The van der Waals surface area contributed by atoms with Crippen molar-refractivity contribution in [2.24, 2.45) is 4.99 Å². The third kappa shape index (κ3) is 5.21. The molecule has 1 N–H and O–H groups in total. The van der Waals surface area contributed by atoms with Gasteiger partial charge < -0.3 is 24.4 Å². The second-order valence-electron chi connectivity index (χ2n) is 7.27. The van der Waals surface area contributed by atoms with E-state index in [9.17, 15) is 0 Å². The molecule has 0 aliphatic carbocycles. The number of fused-ring (bicyclic) bond motifs is 1. The Morgan fingerprint density at radius 2 is 1.89 bits per heavy atom. The van der Waals surface area contributed by atoms with Crippen LogP contribution in [-0.2, 0) is 11.3 Å². The first-order valence-electron chi connectivity index (χ1n) is 9.99. The van der Waals surface area contributed by atoms with Crippen molar-refractivity contribution in [3.05, 3.63) is 23.8 Å². The fourth-order valence-corrected chi connectivity index (χ4v) is 4.01. The highest BCUT2D eigenvalue weighted by Gasteiger charge is 2.30. The molecule has 2 saturated heterocycles. The van der Waals surface area contributed by atoms with E-state index in [1.165, 1.54) is 12.0 Å². The van der Waals surface area contributed by atoms with E-state index in [0.29, 0.717) is 12.6 Å². The molecular formula is C20H31IN4O3. The Bertz CT molecular complexity index is 667. The van der Waals surface area contributed by atoms with Gasteiger partial charge in [0.05, 0.1) is 26.4 Å². The van der Waals surface area contributed by atoms with Gasteiger partial charge in [-0.3, -0.25) is 9.89 Å². The van der Waals surface area contributed by atoms with Crippen molar-refractivity contribution in [3.8, 4) is 11.5 Å². The highest BCUT2D eigenvalue weighted by molar-refractivity contribution is 14.0. The Balaban J connectivity index is 0.00000225. The van der Waals surface area contributed by atoms with E-state index in [-0.39, 0.29) is 24.0 Å². The number of nitrogens with one attached hydrogen (secondary N) is 1. The van der Waals surface area contributed by atoms with E-state index in [1.807, 2.05) is 13.1 Å². The standard InChI is InChI=1S/C20H30N4O3.HI/c1-21-20(24-6-5-17(15-24)23-7-11-25-12-8-23)22-14-16-3-4-18-19(13-16)27-10-2-9-26-18;/h3-4,13,17H,2,5-12,14-15H2,1H3,(H,21,22);1H. The van der Waals surface area contributed by atoms with E-state index in [1.54, 1.807) is 0 Å². The van der Waals surface area contributed by atoms with Gasteiger partial charge in [-0.25, -0.2) is 0 Å². The van der Waals surface area contributed by atoms with Gasteiger partial charge in [0.25, 0.3) is 0 Å². The number of guanidine groups is 1. The third-order valence-corrected chi connectivity index (χ3v) is 5.50. The molecule has 1 aromatic rings. The molecule has 3 heterocycles. The summed E-state index contributed by atoms with van der Waals surface area (Å²) in [5.41, 5.74) is 1.17. The molecule has 4 rings (SSSR count). The lowest BCUT2D eigenvalue weighted by Gasteiger charge is -2.32. The maximum atomic E-state index is 5.79. The molecule has 0 amide bonds. The van der Waals surface area contributed by atoms with Crippen LogP contribution >= 0.6 is 24.0 Å². The number of likely N-dealkylation sites (tertiary alicyclic amines) is 1. The van der Waals surface area contributed by atoms with Gasteiger partial charge in [0.2, 0.25) is 0 Å². The Morgan fingerprint density at radius 1 is 1.11 bits per heavy atom. The number of hydrogen-bond donors (Lipinski definition) is 1. The molecule has 0 saturated carbocycles. The van der Waals surface area contributed by atoms with Crippen LogP contribution in [0.3, 0.4) is 0 Å². The number of rotatable bonds is 3. The Hall–Kier alpha value is -1.26. The Morgan fingerprint density at radius 3 is 2.68 bits per heavy atom. The molecule has 0 radical (unpaired) electrons. The predicted octanol–water partition coefficient (Wildman–Crippen LogP) is 1.95. The molecular weight excluding hydrogens is 471 g/mol. The summed E-state index contributed by atoms with van der Waals surface area (Å²) in [6.45, 7) is 8.02. The van der Waals surface area contributed by atoms with Crippen LogP contribution in [0.25, 0.3) is 0 Å². The number of aliphatic imine (C=N–C) groups is 1. The van der Waals surface area contributed by atoms with Crippen LogP contribution in [0.1, 0.15) is 18.4 Å². The molecule has 0 bridgehead atoms. The maximum Gasteiger partial charge on any atom is 0.193 e. The number of morpholine rings is 1. The SMILES string of the molecule is CN=C(NCc1ccc2c(c1)OCCCO2)N1CCC(N2CCOCC2)C1.I. The lowest BCUT2D eigenvalue weighted by Crippen LogP contribution is -2.46. The van der Waals surface area contributed by atoms with Crippen LogP contribution in [0, 0.1) is 0 Å². The summed E-state index contributed by atoms with van der Waals surface area (Å²) in [6, 6.07) is 6.77. The largest absolute Gasteiger partial charge is 0.490 e. The summed E-state index contributed by atoms with van der Waals surface area (Å²) in [6.07, 6.45) is 2.11. The summed E-state index contributed by atoms with van der Waals surface area (Å²) in [5.74, 6) is 2.65. The van der Waals surface area contributed by atoms with E-state index in [0.717, 1.165) is 76.4 Å². The number of ether oxygens (including phenoxy) is 3. The molecule has 1 atom stereocenters. The number of hydrogen-bond acceptors (Lipinski definition) is 5. The van der Waals surface area contributed by atoms with Crippen LogP contribution in [0.4, 0.5) is 0 Å². The van der Waals surface area contributed by atoms with Crippen molar-refractivity contribution in [2.75, 3.05) is 59.7 Å². The molecule has 1 aromatic carbocycles. The van der Waals surface area contributed by atoms with Crippen molar-refractivity contribution in [2.45, 2.75) is 25.4 Å². The average Bonchev–Trinajstić information content (AvgIpc) is 3.08. The van der Waals surface area contributed by atoms with Crippen molar-refractivity contribution in [3.63, 3.8) is 0 Å². The van der Waals surface area contributed by atoms with E-state index in [4.69, 9.17) is 14.2 Å². The van der Waals surface area contributed by atoms with Gasteiger partial charge >= 0.3 is 0 Å². The zero-order chi connectivity index (χ0) is 18.5. The van der Waals surface area contributed by atoms with Gasteiger partial charge in [0.15, 0.2) is 17.5 Å². The summed E-state index contributed by atoms with van der Waals surface area (Å²) in [4.78, 5) is 9.42. The number of halogens is 1. The summed E-state index contributed by atoms with van der Waals surface area (Å²) >= 11 is 0. The van der Waals surface area contributed by atoms with Gasteiger partial charge in [-0.05, 0) is 24.1 Å². The van der Waals surface area contributed by atoms with Crippen LogP contribution in [0.5, 0.6) is 11.5 Å². The van der Waals surface area contributed by atoms with Crippen LogP contribution in [-0.4, -0.2) is 81.5 Å². The van der Waals surface area contributed by atoms with E-state index >= 15 is 0 Å². The maximum absolute atomic E-state index is 5.79. The number of benzene rings is 1. The Kier molecular flexibility index (Phi) is 8.04. The molecule has 28 heavy (non-hydrogen) atoms. The first-order valence-corrected chi connectivity index (χ1v) is 9.99. The van der Waals surface area contributed by atoms with Gasteiger partial charge in [0, 0.05) is 52.2 Å². The lowest BCUT2D eigenvalue weighted by molar-refractivity contribution is 0.0195. The quantitative estimate of drug-likeness (QED) is 0.388. The first kappa shape index (κ1) is 21.4. The van der Waals surface area contributed by atoms with Gasteiger partial charge in [0.1, 0.15) is 0 Å². The fourth-order valence-electron chi connectivity index (χ4n) is 4.01. The average molecular weight is 502 g/mol. The zero-order valence-electron chi connectivity index (χ0n) is 16.6. The van der Waals surface area contributed by atoms with Crippen molar-refractivity contribution in [1.82, 2.24) is 15.1 Å². The molecule has 2 fully saturated rings. The van der Waals surface area contributed by atoms with Crippen LogP contribution < -0.4 is 14.8 Å². The minimum atomic E-state index is 0. The third-order valence-electron chi connectivity index (χ3n) is 5.50. The molecule has 3 aliphatic rings. The van der Waals surface area contributed by atoms with Crippen molar-refractivity contribution >= 4 is 29.9 Å². The minimum absolute atomic E-state index is 0. The molecule has 3 aliphatic heterocycles. The first-order chi connectivity index (χ1) is 13.3. The predicted molar refractivity (Wildman–Crippen MR) is 120 cm³/mol. The summed E-state index contributed by atoms with van der Waals surface area (Å²) < 4.78 is 17.0. The van der Waals surface area contributed by atoms with E-state index < -0.39 is 0 Å². The minimum Gasteiger partial charge on any atom is -0.490 e. The normalized spacial score (nSPS) is 23.1. The molecule has 0 aromatic heterocycles. The van der Waals surface area contributed by atoms with Crippen LogP contribution in [0.2, 0.25) is 0 Å². The Labute approximate surface area is 184 Å². The van der Waals surface area contributed by atoms with Gasteiger partial charge in [-0.1, -0.05) is 6.07 Å². The van der Waals surface area contributed by atoms with Gasteiger partial charge in [-0.15, -0.1) is 24.0 Å². The highest BCUT2D eigenvalue weighted by Crippen LogP contribution is 2.30. The summed E-state index contributed by atoms with van der Waals surface area (Å²) in [7, 11) is 1.86. The van der Waals surface area contributed by atoms with Crippen LogP contribution in [0.15, 0.2) is 23.2 Å². The van der Waals surface area contributed by atoms with Crippen molar-refractivity contribution < 1.29 is 14.2 Å². The fraction of sp³-hybridized carbons (Fsp3) is 0.650. The molecule has 1 unspecified atom stereocenters. The molecule has 0 spiro atoms. The van der Waals surface area contributed by atoms with Crippen molar-refractivity contribution in [1.29, 1.82) is 0 Å². The second kappa shape index (κ2) is 10.5. The molecule has 156 valence electrons. The monoisotopic (exact) mass is 502 g/mol. The van der Waals surface area contributed by atoms with Gasteiger partial charge in [-0.2, -0.15) is 0 Å². The lowest BCUT2D eigenvalue weighted by atomic mass is 10.2. The van der Waals surface area contributed by atoms with E-state index in [2.05, 4.69) is 32.2 Å². The zero-order valence-corrected chi connectivity index (χ0v) is 18.9. The summed E-state index contributed by atoms with van der Waals surface area (Å²) in [5, 5.41) is 3.51. The smallest absolute Gasteiger partial charge is 0.193 e. The highest BCUT2D eigenvalue weighted by atomic mass is 127. The molecule has 7 nitrogen and oxygen atoms in total.